The monoisotopic (exact) mass is 592 g/mol. The van der Waals surface area contributed by atoms with Crippen LogP contribution in [0.1, 0.15) is 11.1 Å². The summed E-state index contributed by atoms with van der Waals surface area (Å²) < 4.78 is 6.88. The third-order valence-corrected chi connectivity index (χ3v) is 8.17. The number of aromatic nitrogens is 2. The smallest absolute Gasteiger partial charge is 0.0683 e. The lowest BCUT2D eigenvalue weighted by atomic mass is 10.1. The molecule has 0 atom stereocenters. The molecule has 0 saturated carbocycles. The van der Waals surface area contributed by atoms with Gasteiger partial charge in [-0.15, -0.1) is 0 Å². The van der Waals surface area contributed by atoms with E-state index < -0.39 is 0 Å². The van der Waals surface area contributed by atoms with Crippen molar-refractivity contribution in [3.05, 3.63) is 117 Å². The van der Waals surface area contributed by atoms with Crippen LogP contribution >= 0.6 is 31.9 Å². The van der Waals surface area contributed by atoms with Crippen LogP contribution in [0.5, 0.6) is 0 Å². The van der Waals surface area contributed by atoms with E-state index in [4.69, 9.17) is 0 Å². The molecule has 5 aromatic carbocycles. The van der Waals surface area contributed by atoms with Crippen LogP contribution in [0, 0.1) is 13.8 Å². The molecule has 7 rings (SSSR count). The van der Waals surface area contributed by atoms with Gasteiger partial charge in [-0.25, -0.2) is 0 Å². The first kappa shape index (κ1) is 21.9. The van der Waals surface area contributed by atoms with E-state index in [1.807, 2.05) is 0 Å². The number of hydrogen-bond acceptors (Lipinski definition) is 0. The molecule has 0 radical (unpaired) electrons. The van der Waals surface area contributed by atoms with Crippen molar-refractivity contribution in [1.29, 1.82) is 0 Å². The number of hydrogen-bond donors (Lipinski definition) is 0. The number of halogens is 2. The van der Waals surface area contributed by atoms with Crippen LogP contribution in [0.3, 0.4) is 0 Å². The van der Waals surface area contributed by atoms with Gasteiger partial charge in [-0.1, -0.05) is 57.4 Å². The molecular weight excluding hydrogens is 572 g/mol. The van der Waals surface area contributed by atoms with E-state index in [2.05, 4.69) is 152 Å². The molecule has 0 aliphatic rings. The average Bonchev–Trinajstić information content (AvgIpc) is 3.36. The van der Waals surface area contributed by atoms with Crippen LogP contribution in [0.2, 0.25) is 0 Å². The van der Waals surface area contributed by atoms with Gasteiger partial charge in [0, 0.05) is 41.9 Å². The quantitative estimate of drug-likeness (QED) is 0.189. The van der Waals surface area contributed by atoms with Gasteiger partial charge in [0.2, 0.25) is 0 Å². The first-order valence-electron chi connectivity index (χ1n) is 12.0. The van der Waals surface area contributed by atoms with Crippen molar-refractivity contribution < 1.29 is 0 Å². The first-order chi connectivity index (χ1) is 17.5. The zero-order chi connectivity index (χ0) is 24.6. The fraction of sp³-hybridized carbons (Fsp3) is 0.0625. The highest BCUT2D eigenvalue weighted by molar-refractivity contribution is 9.11. The van der Waals surface area contributed by atoms with E-state index in [1.54, 1.807) is 0 Å². The molecule has 4 heteroatoms. The van der Waals surface area contributed by atoms with Crippen molar-refractivity contribution in [3.63, 3.8) is 0 Å². The summed E-state index contributed by atoms with van der Waals surface area (Å²) in [6, 6.07) is 35.3. The fourth-order valence-corrected chi connectivity index (χ4v) is 6.97. The maximum absolute atomic E-state index is 3.85. The first-order valence-corrected chi connectivity index (χ1v) is 13.6. The van der Waals surface area contributed by atoms with Gasteiger partial charge in [0.15, 0.2) is 0 Å². The molecule has 0 N–H and O–H groups in total. The molecule has 2 aromatic heterocycles. The Kier molecular flexibility index (Phi) is 4.92. The van der Waals surface area contributed by atoms with Gasteiger partial charge in [0.25, 0.3) is 0 Å². The lowest BCUT2D eigenvalue weighted by Crippen LogP contribution is -1.96. The molecule has 2 heterocycles. The summed E-state index contributed by atoms with van der Waals surface area (Å²) in [7, 11) is 0. The van der Waals surface area contributed by atoms with Crippen LogP contribution in [-0.2, 0) is 0 Å². The Labute approximate surface area is 226 Å². The predicted molar refractivity (Wildman–Crippen MR) is 160 cm³/mol. The third kappa shape index (κ3) is 3.21. The van der Waals surface area contributed by atoms with E-state index in [1.165, 1.54) is 60.4 Å². The Balaban J connectivity index is 1.61. The van der Waals surface area contributed by atoms with E-state index in [-0.39, 0.29) is 0 Å². The van der Waals surface area contributed by atoms with E-state index in [0.29, 0.717) is 0 Å². The molecule has 7 aromatic rings. The second kappa shape index (κ2) is 8.09. The van der Waals surface area contributed by atoms with E-state index in [9.17, 15) is 0 Å². The fourth-order valence-electron chi connectivity index (χ4n) is 5.57. The summed E-state index contributed by atoms with van der Waals surface area (Å²) in [5.41, 5.74) is 9.69. The number of rotatable bonds is 2. The number of benzene rings is 5. The second-order valence-electron chi connectivity index (χ2n) is 9.53. The molecule has 0 saturated heterocycles. The predicted octanol–water partition coefficient (Wildman–Crippen LogP) is 10.0. The molecule has 0 fully saturated rings. The van der Waals surface area contributed by atoms with Crippen LogP contribution in [0.25, 0.3) is 55.0 Å². The highest BCUT2D eigenvalue weighted by Crippen LogP contribution is 2.40. The van der Waals surface area contributed by atoms with Gasteiger partial charge >= 0.3 is 0 Å². The third-order valence-electron chi connectivity index (χ3n) is 7.11. The molecule has 0 amide bonds. The minimum Gasteiger partial charge on any atom is -0.309 e. The Hall–Kier alpha value is -3.34. The normalized spacial score (nSPS) is 11.9. The van der Waals surface area contributed by atoms with Crippen molar-refractivity contribution in [2.75, 3.05) is 0 Å². The van der Waals surface area contributed by atoms with Crippen LogP contribution < -0.4 is 0 Å². The average molecular weight is 594 g/mol. The lowest BCUT2D eigenvalue weighted by molar-refractivity contribution is 1.16. The maximum Gasteiger partial charge on any atom is 0.0683 e. The minimum atomic E-state index is 1.06. The molecule has 0 spiro atoms. The summed E-state index contributed by atoms with van der Waals surface area (Å²) in [6.45, 7) is 4.33. The van der Waals surface area contributed by atoms with E-state index >= 15 is 0 Å². The van der Waals surface area contributed by atoms with Gasteiger partial charge in [0.1, 0.15) is 0 Å². The topological polar surface area (TPSA) is 9.86 Å². The van der Waals surface area contributed by atoms with Crippen molar-refractivity contribution in [1.82, 2.24) is 9.13 Å². The highest BCUT2D eigenvalue weighted by atomic mass is 79.9. The largest absolute Gasteiger partial charge is 0.309 e. The molecule has 2 nitrogen and oxygen atoms in total. The SMILES string of the molecule is Cc1ccc2c(c1)c1cc(C)ccc1n2-c1ccc2c(c1)c1cc(Br)cc(Br)c1n2-c1ccccc1. The van der Waals surface area contributed by atoms with Crippen LogP contribution in [0.15, 0.2) is 106 Å². The number of aryl methyl sites for hydroxylation is 2. The van der Waals surface area contributed by atoms with E-state index in [0.717, 1.165) is 14.6 Å². The zero-order valence-electron chi connectivity index (χ0n) is 19.9. The van der Waals surface area contributed by atoms with Gasteiger partial charge in [-0.3, -0.25) is 0 Å². The molecule has 0 unspecified atom stereocenters. The van der Waals surface area contributed by atoms with Crippen molar-refractivity contribution >= 4 is 75.5 Å². The number of para-hydroxylation sites is 1. The van der Waals surface area contributed by atoms with Crippen LogP contribution in [-0.4, -0.2) is 9.13 Å². The Bertz CT molecular complexity index is 1920. The van der Waals surface area contributed by atoms with Crippen molar-refractivity contribution in [3.8, 4) is 11.4 Å². The molecule has 0 bridgehead atoms. The standard InChI is InChI=1S/C32H22Br2N2/c1-19-8-11-29-24(14-19)25-15-20(2)9-12-30(25)35(29)23-10-13-31-26(18-23)27-16-21(33)17-28(34)32(27)36(31)22-6-4-3-5-7-22/h3-18H,1-2H3. The zero-order valence-corrected chi connectivity index (χ0v) is 23.1. The Morgan fingerprint density at radius 3 is 1.75 bits per heavy atom. The molecule has 174 valence electrons. The summed E-state index contributed by atoms with van der Waals surface area (Å²) >= 11 is 7.58. The number of nitrogens with zero attached hydrogens (tertiary/aromatic N) is 2. The number of fused-ring (bicyclic) bond motifs is 6. The summed E-state index contributed by atoms with van der Waals surface area (Å²) in [5, 5.41) is 5.03. The summed E-state index contributed by atoms with van der Waals surface area (Å²) in [5.74, 6) is 0. The second-order valence-corrected chi connectivity index (χ2v) is 11.3. The van der Waals surface area contributed by atoms with Gasteiger partial charge in [0.05, 0.1) is 22.1 Å². The molecule has 0 aliphatic carbocycles. The van der Waals surface area contributed by atoms with Gasteiger partial charge < -0.3 is 9.13 Å². The minimum absolute atomic E-state index is 1.06. The van der Waals surface area contributed by atoms with Crippen molar-refractivity contribution in [2.45, 2.75) is 13.8 Å². The lowest BCUT2D eigenvalue weighted by Gasteiger charge is -2.11. The molecular formula is C32H22Br2N2. The van der Waals surface area contributed by atoms with Gasteiger partial charge in [-0.2, -0.15) is 0 Å². The van der Waals surface area contributed by atoms with Crippen LogP contribution in [0.4, 0.5) is 0 Å². The summed E-state index contributed by atoms with van der Waals surface area (Å²) in [4.78, 5) is 0. The maximum atomic E-state index is 3.85. The van der Waals surface area contributed by atoms with Gasteiger partial charge in [-0.05, 0) is 96.5 Å². The molecule has 0 aliphatic heterocycles. The van der Waals surface area contributed by atoms with Crippen molar-refractivity contribution in [2.24, 2.45) is 0 Å². The Morgan fingerprint density at radius 2 is 1.08 bits per heavy atom. The highest BCUT2D eigenvalue weighted by Gasteiger charge is 2.18. The Morgan fingerprint density at radius 1 is 0.500 bits per heavy atom. The molecule has 36 heavy (non-hydrogen) atoms. The summed E-state index contributed by atoms with van der Waals surface area (Å²) in [6.07, 6.45) is 0.